The minimum absolute atomic E-state index is 0.123. The van der Waals surface area contributed by atoms with Crippen molar-refractivity contribution in [1.82, 2.24) is 10.2 Å². The molecule has 0 atom stereocenters. The largest absolute Gasteiger partial charge is 0.497 e. The lowest BCUT2D eigenvalue weighted by Gasteiger charge is -2.36. The second-order valence-corrected chi connectivity index (χ2v) is 7.67. The maximum Gasteiger partial charge on any atom is 0.416 e. The molecule has 0 spiro atoms. The van der Waals surface area contributed by atoms with Gasteiger partial charge >= 0.3 is 18.0 Å². The zero-order chi connectivity index (χ0) is 23.8. The van der Waals surface area contributed by atoms with Crippen LogP contribution in [0.1, 0.15) is 12.0 Å². The van der Waals surface area contributed by atoms with Gasteiger partial charge in [0.2, 0.25) is 0 Å². The van der Waals surface area contributed by atoms with Gasteiger partial charge in [0.15, 0.2) is 0 Å². The van der Waals surface area contributed by atoms with Gasteiger partial charge in [-0.3, -0.25) is 14.5 Å². The Hall–Kier alpha value is -3.27. The molecule has 10 heteroatoms. The van der Waals surface area contributed by atoms with Gasteiger partial charge in [-0.25, -0.2) is 0 Å². The van der Waals surface area contributed by atoms with Crippen molar-refractivity contribution in [2.24, 2.45) is 0 Å². The maximum atomic E-state index is 12.6. The number of carbonyl (C=O) groups excluding carboxylic acids is 2. The quantitative estimate of drug-likeness (QED) is 0.487. The predicted octanol–water partition coefficient (Wildman–Crippen LogP) is 2.98. The van der Waals surface area contributed by atoms with Crippen LogP contribution in [-0.2, 0) is 15.8 Å². The molecule has 0 aromatic heterocycles. The molecule has 0 radical (unpaired) electrons. The number of ether oxygens (including phenoxy) is 1. The number of nitrogens with zero attached hydrogens (tertiary/aromatic N) is 2. The number of alkyl halides is 3. The van der Waals surface area contributed by atoms with Gasteiger partial charge in [0, 0.05) is 44.1 Å². The van der Waals surface area contributed by atoms with Crippen LogP contribution in [0.25, 0.3) is 0 Å². The molecular weight excluding hydrogens is 437 g/mol. The van der Waals surface area contributed by atoms with E-state index in [1.807, 2.05) is 24.3 Å². The van der Waals surface area contributed by atoms with Crippen LogP contribution in [0.4, 0.5) is 24.5 Å². The van der Waals surface area contributed by atoms with Crippen molar-refractivity contribution >= 4 is 23.2 Å². The Morgan fingerprint density at radius 2 is 1.58 bits per heavy atom. The first kappa shape index (κ1) is 24.4. The van der Waals surface area contributed by atoms with Crippen LogP contribution < -0.4 is 20.3 Å². The fourth-order valence-electron chi connectivity index (χ4n) is 3.54. The Labute approximate surface area is 190 Å². The van der Waals surface area contributed by atoms with Crippen molar-refractivity contribution in [2.75, 3.05) is 56.6 Å². The lowest BCUT2D eigenvalue weighted by Crippen LogP contribution is -2.47. The highest BCUT2D eigenvalue weighted by atomic mass is 19.4. The second-order valence-electron chi connectivity index (χ2n) is 7.67. The number of anilines is 2. The lowest BCUT2D eigenvalue weighted by molar-refractivity contribution is -0.137. The molecule has 0 bridgehead atoms. The number of hydrogen-bond acceptors (Lipinski definition) is 5. The Morgan fingerprint density at radius 1 is 0.939 bits per heavy atom. The number of hydrogen-bond donors (Lipinski definition) is 2. The fraction of sp³-hybridized carbons (Fsp3) is 0.391. The van der Waals surface area contributed by atoms with Gasteiger partial charge in [-0.05, 0) is 61.5 Å². The van der Waals surface area contributed by atoms with Crippen molar-refractivity contribution in [3.8, 4) is 5.75 Å². The highest BCUT2D eigenvalue weighted by molar-refractivity contribution is 6.39. The van der Waals surface area contributed by atoms with Crippen molar-refractivity contribution in [2.45, 2.75) is 12.6 Å². The first-order valence-corrected chi connectivity index (χ1v) is 10.6. The number of piperazine rings is 1. The zero-order valence-corrected chi connectivity index (χ0v) is 18.3. The minimum atomic E-state index is -4.46. The van der Waals surface area contributed by atoms with Gasteiger partial charge in [-0.15, -0.1) is 0 Å². The predicted molar refractivity (Wildman–Crippen MR) is 119 cm³/mol. The van der Waals surface area contributed by atoms with E-state index >= 15 is 0 Å². The molecule has 1 saturated heterocycles. The third-order valence-electron chi connectivity index (χ3n) is 5.42. The van der Waals surface area contributed by atoms with Crippen molar-refractivity contribution in [3.63, 3.8) is 0 Å². The molecule has 2 aromatic carbocycles. The normalized spacial score (nSPS) is 14.6. The Balaban J connectivity index is 1.32. The summed E-state index contributed by atoms with van der Waals surface area (Å²) in [5.74, 6) is -0.908. The molecule has 0 aliphatic carbocycles. The molecule has 1 aliphatic heterocycles. The molecule has 178 valence electrons. The van der Waals surface area contributed by atoms with Crippen LogP contribution in [-0.4, -0.2) is 63.1 Å². The highest BCUT2D eigenvalue weighted by Gasteiger charge is 2.30. The van der Waals surface area contributed by atoms with Crippen molar-refractivity contribution in [1.29, 1.82) is 0 Å². The topological polar surface area (TPSA) is 73.9 Å². The van der Waals surface area contributed by atoms with E-state index < -0.39 is 23.6 Å². The van der Waals surface area contributed by atoms with E-state index in [1.54, 1.807) is 7.11 Å². The molecule has 2 amide bonds. The number of benzene rings is 2. The number of methoxy groups -OCH3 is 1. The molecule has 33 heavy (non-hydrogen) atoms. The average Bonchev–Trinajstić information content (AvgIpc) is 2.82. The van der Waals surface area contributed by atoms with E-state index in [1.165, 1.54) is 0 Å². The van der Waals surface area contributed by atoms with Gasteiger partial charge in [0.1, 0.15) is 5.75 Å². The van der Waals surface area contributed by atoms with Crippen molar-refractivity contribution < 1.29 is 27.5 Å². The molecule has 3 rings (SSSR count). The molecule has 0 unspecified atom stereocenters. The molecule has 2 N–H and O–H groups in total. The van der Waals surface area contributed by atoms with Crippen LogP contribution in [0, 0.1) is 0 Å². The standard InChI is InChI=1S/C23H27F3N4O3/c1-33-20-9-7-19(8-10-20)30-15-13-29(14-16-30)12-2-11-27-21(31)22(32)28-18-5-3-17(4-6-18)23(24,25)26/h3-10H,2,11-16H2,1H3,(H,27,31)(H,28,32). The molecule has 2 aromatic rings. The first-order chi connectivity index (χ1) is 15.8. The number of halogens is 3. The summed E-state index contributed by atoms with van der Waals surface area (Å²) in [4.78, 5) is 28.5. The summed E-state index contributed by atoms with van der Waals surface area (Å²) in [6, 6.07) is 11.9. The summed E-state index contributed by atoms with van der Waals surface area (Å²) in [6.45, 7) is 4.71. The summed E-state index contributed by atoms with van der Waals surface area (Å²) < 4.78 is 42.9. The first-order valence-electron chi connectivity index (χ1n) is 10.6. The summed E-state index contributed by atoms with van der Waals surface area (Å²) >= 11 is 0. The summed E-state index contributed by atoms with van der Waals surface area (Å²) in [7, 11) is 1.64. The SMILES string of the molecule is COc1ccc(N2CCN(CCCNC(=O)C(=O)Nc3ccc(C(F)(F)F)cc3)CC2)cc1. The van der Waals surface area contributed by atoms with Gasteiger partial charge in [0.05, 0.1) is 12.7 Å². The third kappa shape index (κ3) is 7.11. The van der Waals surface area contributed by atoms with E-state index in [4.69, 9.17) is 4.74 Å². The van der Waals surface area contributed by atoms with Crippen LogP contribution in [0.3, 0.4) is 0 Å². The molecule has 1 aliphatic rings. The molecule has 1 fully saturated rings. The Kier molecular flexibility index (Phi) is 8.16. The second kappa shape index (κ2) is 11.0. The van der Waals surface area contributed by atoms with Crippen molar-refractivity contribution in [3.05, 3.63) is 54.1 Å². The van der Waals surface area contributed by atoms with E-state index in [2.05, 4.69) is 20.4 Å². The molecule has 7 nitrogen and oxygen atoms in total. The van der Waals surface area contributed by atoms with Gasteiger partial charge in [0.25, 0.3) is 0 Å². The Bertz CT molecular complexity index is 925. The number of amides is 2. The molecule has 1 heterocycles. The van der Waals surface area contributed by atoms with Crippen LogP contribution in [0.2, 0.25) is 0 Å². The Morgan fingerprint density at radius 3 is 2.15 bits per heavy atom. The van der Waals surface area contributed by atoms with Crippen LogP contribution in [0.15, 0.2) is 48.5 Å². The van der Waals surface area contributed by atoms with Crippen LogP contribution in [0.5, 0.6) is 5.75 Å². The van der Waals surface area contributed by atoms with E-state index in [9.17, 15) is 22.8 Å². The van der Waals surface area contributed by atoms with E-state index in [0.717, 1.165) is 68.4 Å². The smallest absolute Gasteiger partial charge is 0.416 e. The maximum absolute atomic E-state index is 12.6. The average molecular weight is 464 g/mol. The van der Waals surface area contributed by atoms with Gasteiger partial charge in [-0.1, -0.05) is 0 Å². The summed E-state index contributed by atoms with van der Waals surface area (Å²) in [5.41, 5.74) is 0.453. The zero-order valence-electron chi connectivity index (χ0n) is 18.3. The molecular formula is C23H27F3N4O3. The van der Waals surface area contributed by atoms with Gasteiger partial charge in [-0.2, -0.15) is 13.2 Å². The number of carbonyl (C=O) groups is 2. The molecule has 0 saturated carbocycles. The van der Waals surface area contributed by atoms with Gasteiger partial charge < -0.3 is 20.3 Å². The van der Waals surface area contributed by atoms with E-state index in [0.29, 0.717) is 13.0 Å². The highest BCUT2D eigenvalue weighted by Crippen LogP contribution is 2.29. The monoisotopic (exact) mass is 464 g/mol. The fourth-order valence-corrected chi connectivity index (χ4v) is 3.54. The minimum Gasteiger partial charge on any atom is -0.497 e. The third-order valence-corrected chi connectivity index (χ3v) is 5.42. The lowest BCUT2D eigenvalue weighted by atomic mass is 10.2. The number of nitrogens with one attached hydrogen (secondary N) is 2. The summed E-state index contributed by atoms with van der Waals surface area (Å²) in [6.07, 6.45) is -3.77. The van der Waals surface area contributed by atoms with E-state index in [-0.39, 0.29) is 5.69 Å². The number of rotatable bonds is 7. The summed E-state index contributed by atoms with van der Waals surface area (Å²) in [5, 5.41) is 4.84. The van der Waals surface area contributed by atoms with Crippen LogP contribution >= 0.6 is 0 Å².